The number of hydrogen-bond donors (Lipinski definition) is 1. The number of rotatable bonds is 4. The summed E-state index contributed by atoms with van der Waals surface area (Å²) in [6.45, 7) is 6.18. The lowest BCUT2D eigenvalue weighted by Crippen LogP contribution is -2.42. The standard InChI is InChI=1S/C16H24N2O.ClH/c1-12(2)15(13-7-5-4-6-8-13)16(19)18(3)14-9-10-17-11-14;/h4-8,12,14-15,17H,9-11H2,1-3H3;1H. The molecule has 2 atom stereocenters. The minimum atomic E-state index is -0.0354. The van der Waals surface area contributed by atoms with E-state index in [0.29, 0.717) is 12.0 Å². The van der Waals surface area contributed by atoms with Crippen LogP contribution in [0.4, 0.5) is 0 Å². The molecule has 1 heterocycles. The molecule has 0 aromatic heterocycles. The van der Waals surface area contributed by atoms with Crippen molar-refractivity contribution in [2.75, 3.05) is 20.1 Å². The topological polar surface area (TPSA) is 32.3 Å². The predicted octanol–water partition coefficient (Wildman–Crippen LogP) is 2.67. The summed E-state index contributed by atoms with van der Waals surface area (Å²) in [5.41, 5.74) is 1.13. The second-order valence-corrected chi connectivity index (χ2v) is 5.73. The van der Waals surface area contributed by atoms with Crippen LogP contribution in [0.3, 0.4) is 0 Å². The van der Waals surface area contributed by atoms with Crippen LogP contribution in [0.15, 0.2) is 30.3 Å². The van der Waals surface area contributed by atoms with Crippen LogP contribution < -0.4 is 5.32 Å². The Hall–Kier alpha value is -1.06. The number of benzene rings is 1. The molecule has 1 amide bonds. The molecule has 1 aromatic carbocycles. The molecule has 0 aliphatic carbocycles. The maximum atomic E-state index is 12.8. The van der Waals surface area contributed by atoms with Crippen molar-refractivity contribution < 1.29 is 4.79 Å². The van der Waals surface area contributed by atoms with Crippen molar-refractivity contribution in [3.63, 3.8) is 0 Å². The second-order valence-electron chi connectivity index (χ2n) is 5.73. The van der Waals surface area contributed by atoms with Crippen LogP contribution in [0.1, 0.15) is 31.7 Å². The van der Waals surface area contributed by atoms with Gasteiger partial charge in [-0.15, -0.1) is 12.4 Å². The predicted molar refractivity (Wildman–Crippen MR) is 85.3 cm³/mol. The van der Waals surface area contributed by atoms with Gasteiger partial charge in [0.2, 0.25) is 5.91 Å². The zero-order valence-electron chi connectivity index (χ0n) is 12.5. The van der Waals surface area contributed by atoms with Crippen molar-refractivity contribution in [3.05, 3.63) is 35.9 Å². The summed E-state index contributed by atoms with van der Waals surface area (Å²) in [7, 11) is 1.94. The Bertz CT molecular complexity index is 416. The van der Waals surface area contributed by atoms with Gasteiger partial charge in [0.05, 0.1) is 5.92 Å². The Morgan fingerprint density at radius 2 is 1.95 bits per heavy atom. The van der Waals surface area contributed by atoms with Crippen LogP contribution in [0.5, 0.6) is 0 Å². The van der Waals surface area contributed by atoms with E-state index in [9.17, 15) is 4.79 Å². The Labute approximate surface area is 128 Å². The zero-order chi connectivity index (χ0) is 13.8. The first-order valence-corrected chi connectivity index (χ1v) is 7.13. The van der Waals surface area contributed by atoms with E-state index in [2.05, 4.69) is 31.3 Å². The van der Waals surface area contributed by atoms with Gasteiger partial charge < -0.3 is 10.2 Å². The average molecular weight is 297 g/mol. The number of amides is 1. The number of carbonyl (C=O) groups is 1. The smallest absolute Gasteiger partial charge is 0.230 e. The molecule has 0 bridgehead atoms. The summed E-state index contributed by atoms with van der Waals surface area (Å²) < 4.78 is 0. The molecule has 1 aliphatic heterocycles. The SMILES string of the molecule is CC(C)C(C(=O)N(C)C1CCNC1)c1ccccc1.Cl. The molecule has 112 valence electrons. The fourth-order valence-electron chi connectivity index (χ4n) is 2.84. The van der Waals surface area contributed by atoms with Gasteiger partial charge in [-0.2, -0.15) is 0 Å². The Kier molecular flexibility index (Phi) is 6.50. The number of nitrogens with one attached hydrogen (secondary N) is 1. The monoisotopic (exact) mass is 296 g/mol. The first-order valence-electron chi connectivity index (χ1n) is 7.13. The summed E-state index contributed by atoms with van der Waals surface area (Å²) in [5, 5.41) is 3.32. The van der Waals surface area contributed by atoms with E-state index in [-0.39, 0.29) is 24.2 Å². The fourth-order valence-corrected chi connectivity index (χ4v) is 2.84. The van der Waals surface area contributed by atoms with Crippen molar-refractivity contribution in [3.8, 4) is 0 Å². The van der Waals surface area contributed by atoms with Crippen molar-refractivity contribution in [1.29, 1.82) is 0 Å². The molecule has 2 unspecified atom stereocenters. The van der Waals surface area contributed by atoms with E-state index in [0.717, 1.165) is 25.1 Å². The van der Waals surface area contributed by atoms with Gasteiger partial charge in [-0.3, -0.25) is 4.79 Å². The highest BCUT2D eigenvalue weighted by atomic mass is 35.5. The quantitative estimate of drug-likeness (QED) is 0.926. The van der Waals surface area contributed by atoms with Gasteiger partial charge in [0.1, 0.15) is 0 Å². The average Bonchev–Trinajstić information content (AvgIpc) is 2.92. The highest BCUT2D eigenvalue weighted by Crippen LogP contribution is 2.27. The second kappa shape index (κ2) is 7.65. The molecule has 1 N–H and O–H groups in total. The van der Waals surface area contributed by atoms with Gasteiger partial charge >= 0.3 is 0 Å². The van der Waals surface area contributed by atoms with Gasteiger partial charge in [0, 0.05) is 19.6 Å². The van der Waals surface area contributed by atoms with E-state index in [4.69, 9.17) is 0 Å². The van der Waals surface area contributed by atoms with Gasteiger partial charge in [-0.05, 0) is 24.4 Å². The third kappa shape index (κ3) is 3.74. The molecule has 1 aromatic rings. The van der Waals surface area contributed by atoms with Crippen LogP contribution in [0, 0.1) is 5.92 Å². The van der Waals surface area contributed by atoms with Crippen molar-refractivity contribution in [2.24, 2.45) is 5.92 Å². The molecule has 0 spiro atoms. The van der Waals surface area contributed by atoms with E-state index in [1.165, 1.54) is 0 Å². The molecule has 2 rings (SSSR count). The Morgan fingerprint density at radius 1 is 1.30 bits per heavy atom. The summed E-state index contributed by atoms with van der Waals surface area (Å²) >= 11 is 0. The Balaban J connectivity index is 0.00000200. The molecule has 3 nitrogen and oxygen atoms in total. The van der Waals surface area contributed by atoms with Crippen LogP contribution in [-0.2, 0) is 4.79 Å². The van der Waals surface area contributed by atoms with Crippen LogP contribution >= 0.6 is 12.4 Å². The highest BCUT2D eigenvalue weighted by molar-refractivity contribution is 5.85. The zero-order valence-corrected chi connectivity index (χ0v) is 13.3. The van der Waals surface area contributed by atoms with E-state index >= 15 is 0 Å². The summed E-state index contributed by atoms with van der Waals surface area (Å²) in [4.78, 5) is 14.7. The van der Waals surface area contributed by atoms with Crippen LogP contribution in [0.25, 0.3) is 0 Å². The first-order chi connectivity index (χ1) is 9.11. The van der Waals surface area contributed by atoms with E-state index in [1.807, 2.05) is 30.1 Å². The Morgan fingerprint density at radius 3 is 2.45 bits per heavy atom. The van der Waals surface area contributed by atoms with Gasteiger partial charge in [-0.1, -0.05) is 44.2 Å². The minimum Gasteiger partial charge on any atom is -0.341 e. The minimum absolute atomic E-state index is 0. The highest BCUT2D eigenvalue weighted by Gasteiger charge is 2.31. The molecular formula is C16H25ClN2O. The molecule has 1 saturated heterocycles. The van der Waals surface area contributed by atoms with E-state index in [1.54, 1.807) is 0 Å². The molecule has 0 radical (unpaired) electrons. The summed E-state index contributed by atoms with van der Waals surface area (Å²) in [6, 6.07) is 10.5. The largest absolute Gasteiger partial charge is 0.341 e. The number of nitrogens with zero attached hydrogens (tertiary/aromatic N) is 1. The lowest BCUT2D eigenvalue weighted by Gasteiger charge is -2.30. The number of halogens is 1. The maximum absolute atomic E-state index is 12.8. The lowest BCUT2D eigenvalue weighted by atomic mass is 9.87. The number of likely N-dealkylation sites (N-methyl/N-ethyl adjacent to an activating group) is 1. The fraction of sp³-hybridized carbons (Fsp3) is 0.562. The van der Waals surface area contributed by atoms with Crippen LogP contribution in [-0.4, -0.2) is 37.0 Å². The molecule has 1 aliphatic rings. The maximum Gasteiger partial charge on any atom is 0.230 e. The first kappa shape index (κ1) is 17.0. The van der Waals surface area contributed by atoms with Gasteiger partial charge in [-0.25, -0.2) is 0 Å². The summed E-state index contributed by atoms with van der Waals surface area (Å²) in [6.07, 6.45) is 1.06. The van der Waals surface area contributed by atoms with Crippen molar-refractivity contribution in [1.82, 2.24) is 10.2 Å². The third-order valence-electron chi connectivity index (χ3n) is 4.02. The van der Waals surface area contributed by atoms with Gasteiger partial charge in [0.25, 0.3) is 0 Å². The molecule has 4 heteroatoms. The van der Waals surface area contributed by atoms with Gasteiger partial charge in [0.15, 0.2) is 0 Å². The number of carbonyl (C=O) groups excluding carboxylic acids is 1. The third-order valence-corrected chi connectivity index (χ3v) is 4.02. The lowest BCUT2D eigenvalue weighted by molar-refractivity contribution is -0.134. The van der Waals surface area contributed by atoms with Crippen molar-refractivity contribution >= 4 is 18.3 Å². The normalized spacial score (nSPS) is 19.5. The number of hydrogen-bond acceptors (Lipinski definition) is 2. The van der Waals surface area contributed by atoms with E-state index < -0.39 is 0 Å². The molecular weight excluding hydrogens is 272 g/mol. The molecule has 0 saturated carbocycles. The molecule has 1 fully saturated rings. The van der Waals surface area contributed by atoms with Crippen molar-refractivity contribution in [2.45, 2.75) is 32.2 Å². The van der Waals surface area contributed by atoms with Crippen LogP contribution in [0.2, 0.25) is 0 Å². The molecule has 20 heavy (non-hydrogen) atoms. The summed E-state index contributed by atoms with van der Waals surface area (Å²) in [5.74, 6) is 0.522.